The minimum absolute atomic E-state index is 0.143. The van der Waals surface area contributed by atoms with Crippen LogP contribution in [0, 0.1) is 6.92 Å². The van der Waals surface area contributed by atoms with Crippen molar-refractivity contribution in [2.45, 2.75) is 32.9 Å². The van der Waals surface area contributed by atoms with Crippen molar-refractivity contribution in [3.63, 3.8) is 0 Å². The Balaban J connectivity index is 2.69. The van der Waals surface area contributed by atoms with E-state index in [-0.39, 0.29) is 11.9 Å². The second kappa shape index (κ2) is 6.40. The van der Waals surface area contributed by atoms with Gasteiger partial charge in [-0.2, -0.15) is 0 Å². The number of nitrogens with two attached hydrogens (primary N) is 1. The number of nitrogens with zero attached hydrogens (tertiary/aromatic N) is 1. The molecule has 1 unspecified atom stereocenters. The first-order valence-electron chi connectivity index (χ1n) is 6.06. The SMILES string of the molecule is COc1ccc(CN(C)C(C)CC(N)=O)c(C)c1. The summed E-state index contributed by atoms with van der Waals surface area (Å²) >= 11 is 0. The van der Waals surface area contributed by atoms with Gasteiger partial charge in [0.25, 0.3) is 0 Å². The van der Waals surface area contributed by atoms with Crippen molar-refractivity contribution in [1.29, 1.82) is 0 Å². The van der Waals surface area contributed by atoms with Crippen LogP contribution >= 0.6 is 0 Å². The molecule has 0 aromatic heterocycles. The van der Waals surface area contributed by atoms with Crippen LogP contribution in [0.1, 0.15) is 24.5 Å². The van der Waals surface area contributed by atoms with E-state index in [0.717, 1.165) is 12.3 Å². The average molecular weight is 250 g/mol. The number of aryl methyl sites for hydroxylation is 1. The highest BCUT2D eigenvalue weighted by Crippen LogP contribution is 2.18. The summed E-state index contributed by atoms with van der Waals surface area (Å²) in [5.41, 5.74) is 7.63. The number of ether oxygens (including phenoxy) is 1. The number of benzene rings is 1. The van der Waals surface area contributed by atoms with E-state index in [4.69, 9.17) is 10.5 Å². The van der Waals surface area contributed by atoms with Gasteiger partial charge in [0.15, 0.2) is 0 Å². The quantitative estimate of drug-likeness (QED) is 0.836. The van der Waals surface area contributed by atoms with E-state index in [9.17, 15) is 4.79 Å². The highest BCUT2D eigenvalue weighted by atomic mass is 16.5. The Morgan fingerprint density at radius 1 is 1.50 bits per heavy atom. The van der Waals surface area contributed by atoms with Crippen LogP contribution in [0.25, 0.3) is 0 Å². The van der Waals surface area contributed by atoms with Crippen LogP contribution in [0.2, 0.25) is 0 Å². The Morgan fingerprint density at radius 2 is 2.17 bits per heavy atom. The van der Waals surface area contributed by atoms with Crippen LogP contribution < -0.4 is 10.5 Å². The molecular formula is C14H22N2O2. The molecule has 0 radical (unpaired) electrons. The molecule has 0 heterocycles. The Kier molecular flexibility index (Phi) is 5.16. The molecule has 100 valence electrons. The first-order valence-corrected chi connectivity index (χ1v) is 6.06. The van der Waals surface area contributed by atoms with Crippen molar-refractivity contribution >= 4 is 5.91 Å². The third-order valence-electron chi connectivity index (χ3n) is 3.22. The molecule has 0 aliphatic carbocycles. The monoisotopic (exact) mass is 250 g/mol. The molecule has 0 aliphatic rings. The zero-order valence-electron chi connectivity index (χ0n) is 11.6. The van der Waals surface area contributed by atoms with Crippen molar-refractivity contribution in [3.8, 4) is 5.75 Å². The van der Waals surface area contributed by atoms with E-state index in [1.165, 1.54) is 11.1 Å². The molecule has 1 aromatic carbocycles. The smallest absolute Gasteiger partial charge is 0.218 e. The standard InChI is InChI=1S/C14H22N2O2/c1-10-7-13(18-4)6-5-12(10)9-16(3)11(2)8-14(15)17/h5-7,11H,8-9H2,1-4H3,(H2,15,17). The lowest BCUT2D eigenvalue weighted by Gasteiger charge is -2.24. The summed E-state index contributed by atoms with van der Waals surface area (Å²) in [6.45, 7) is 4.86. The lowest BCUT2D eigenvalue weighted by Crippen LogP contribution is -2.32. The number of amides is 1. The van der Waals surface area contributed by atoms with Crippen LogP contribution in [0.15, 0.2) is 18.2 Å². The fourth-order valence-electron chi connectivity index (χ4n) is 1.84. The second-order valence-electron chi connectivity index (χ2n) is 4.73. The zero-order valence-corrected chi connectivity index (χ0v) is 11.6. The van der Waals surface area contributed by atoms with Gasteiger partial charge in [0.1, 0.15) is 5.75 Å². The van der Waals surface area contributed by atoms with Crippen molar-refractivity contribution in [2.75, 3.05) is 14.2 Å². The maximum Gasteiger partial charge on any atom is 0.218 e. The van der Waals surface area contributed by atoms with Crippen molar-refractivity contribution < 1.29 is 9.53 Å². The van der Waals surface area contributed by atoms with Crippen LogP contribution in [0.5, 0.6) is 5.75 Å². The highest BCUT2D eigenvalue weighted by Gasteiger charge is 2.13. The van der Waals surface area contributed by atoms with Crippen LogP contribution in [-0.2, 0) is 11.3 Å². The lowest BCUT2D eigenvalue weighted by molar-refractivity contribution is -0.119. The topological polar surface area (TPSA) is 55.6 Å². The number of hydrogen-bond donors (Lipinski definition) is 1. The lowest BCUT2D eigenvalue weighted by atomic mass is 10.1. The Morgan fingerprint density at radius 3 is 2.67 bits per heavy atom. The molecule has 0 spiro atoms. The van der Waals surface area contributed by atoms with Gasteiger partial charge in [0, 0.05) is 19.0 Å². The Labute approximate surface area is 109 Å². The van der Waals surface area contributed by atoms with E-state index in [1.54, 1.807) is 7.11 Å². The zero-order chi connectivity index (χ0) is 13.7. The van der Waals surface area contributed by atoms with Gasteiger partial charge in [-0.1, -0.05) is 6.07 Å². The third-order valence-corrected chi connectivity index (χ3v) is 3.22. The molecule has 0 aliphatic heterocycles. The van der Waals surface area contributed by atoms with Gasteiger partial charge in [-0.3, -0.25) is 9.69 Å². The summed E-state index contributed by atoms with van der Waals surface area (Å²) in [5.74, 6) is 0.602. The summed E-state index contributed by atoms with van der Waals surface area (Å²) < 4.78 is 5.18. The van der Waals surface area contributed by atoms with Gasteiger partial charge in [0.2, 0.25) is 5.91 Å². The van der Waals surface area contributed by atoms with Crippen LogP contribution in [-0.4, -0.2) is 31.0 Å². The second-order valence-corrected chi connectivity index (χ2v) is 4.73. The van der Waals surface area contributed by atoms with E-state index >= 15 is 0 Å². The van der Waals surface area contributed by atoms with E-state index in [1.807, 2.05) is 26.1 Å². The first kappa shape index (κ1) is 14.5. The van der Waals surface area contributed by atoms with Crippen molar-refractivity contribution in [3.05, 3.63) is 29.3 Å². The predicted molar refractivity (Wildman–Crippen MR) is 72.5 cm³/mol. The number of hydrogen-bond acceptors (Lipinski definition) is 3. The molecule has 0 bridgehead atoms. The number of primary amides is 1. The summed E-state index contributed by atoms with van der Waals surface area (Å²) in [6, 6.07) is 6.17. The van der Waals surface area contributed by atoms with Crippen molar-refractivity contribution in [1.82, 2.24) is 4.90 Å². The fourth-order valence-corrected chi connectivity index (χ4v) is 1.84. The molecule has 1 amide bonds. The molecule has 1 aromatic rings. The molecule has 1 atom stereocenters. The summed E-state index contributed by atoms with van der Waals surface area (Å²) in [7, 11) is 3.66. The van der Waals surface area contributed by atoms with Gasteiger partial charge >= 0.3 is 0 Å². The van der Waals surface area contributed by atoms with Gasteiger partial charge in [-0.05, 0) is 44.2 Å². The molecule has 0 saturated heterocycles. The van der Waals surface area contributed by atoms with Gasteiger partial charge in [0.05, 0.1) is 7.11 Å². The van der Waals surface area contributed by atoms with Gasteiger partial charge in [-0.25, -0.2) is 0 Å². The predicted octanol–water partition coefficient (Wildman–Crippen LogP) is 1.70. The Bertz CT molecular complexity index is 418. The van der Waals surface area contributed by atoms with E-state index in [0.29, 0.717) is 6.42 Å². The maximum atomic E-state index is 10.9. The molecular weight excluding hydrogens is 228 g/mol. The third kappa shape index (κ3) is 4.04. The molecule has 1 rings (SSSR count). The number of methoxy groups -OCH3 is 1. The van der Waals surface area contributed by atoms with Crippen LogP contribution in [0.4, 0.5) is 0 Å². The molecule has 2 N–H and O–H groups in total. The molecule has 0 fully saturated rings. The minimum atomic E-state index is -0.263. The summed E-state index contributed by atoms with van der Waals surface area (Å²) in [6.07, 6.45) is 0.381. The summed E-state index contributed by atoms with van der Waals surface area (Å²) in [5, 5.41) is 0. The van der Waals surface area contributed by atoms with Crippen molar-refractivity contribution in [2.24, 2.45) is 5.73 Å². The highest BCUT2D eigenvalue weighted by molar-refractivity contribution is 5.74. The number of carbonyl (C=O) groups is 1. The summed E-state index contributed by atoms with van der Waals surface area (Å²) in [4.78, 5) is 13.0. The van der Waals surface area contributed by atoms with E-state index in [2.05, 4.69) is 17.9 Å². The van der Waals surface area contributed by atoms with Crippen LogP contribution in [0.3, 0.4) is 0 Å². The van der Waals surface area contributed by atoms with Gasteiger partial charge in [-0.15, -0.1) is 0 Å². The molecule has 4 nitrogen and oxygen atoms in total. The van der Waals surface area contributed by atoms with Gasteiger partial charge < -0.3 is 10.5 Å². The average Bonchev–Trinajstić information content (AvgIpc) is 2.30. The largest absolute Gasteiger partial charge is 0.497 e. The fraction of sp³-hybridized carbons (Fsp3) is 0.500. The molecule has 0 saturated carbocycles. The maximum absolute atomic E-state index is 10.9. The molecule has 4 heteroatoms. The first-order chi connectivity index (χ1) is 8.43. The number of rotatable bonds is 6. The molecule has 18 heavy (non-hydrogen) atoms. The van der Waals surface area contributed by atoms with E-state index < -0.39 is 0 Å². The Hall–Kier alpha value is -1.55. The number of carbonyl (C=O) groups excluding carboxylic acids is 1. The normalized spacial score (nSPS) is 12.5. The minimum Gasteiger partial charge on any atom is -0.497 e.